The fourth-order valence-corrected chi connectivity index (χ4v) is 6.74. The first-order chi connectivity index (χ1) is 31.3. The number of fused-ring (bicyclic) bond motifs is 3. The summed E-state index contributed by atoms with van der Waals surface area (Å²) in [6.07, 6.45) is 0. The maximum Gasteiger partial charge on any atom is 0.0635 e. The average molecular weight is 585 g/mol. The summed E-state index contributed by atoms with van der Waals surface area (Å²) in [6.45, 7) is 0. The van der Waals surface area contributed by atoms with Crippen LogP contribution in [0.1, 0.15) is 32.9 Å². The van der Waals surface area contributed by atoms with Gasteiger partial charge < -0.3 is 0 Å². The molecular formula is C42H24S. The number of rotatable bonds is 2. The Balaban J connectivity index is 1.56. The number of benzene rings is 9. The molecule has 0 fully saturated rings. The first-order valence-corrected chi connectivity index (χ1v) is 13.7. The van der Waals surface area contributed by atoms with E-state index in [1.54, 1.807) is 0 Å². The van der Waals surface area contributed by atoms with Crippen molar-refractivity contribution >= 4 is 65.6 Å². The van der Waals surface area contributed by atoms with Crippen LogP contribution in [-0.2, 0) is 0 Å². The molecule has 1 heteroatoms. The van der Waals surface area contributed by atoms with Gasteiger partial charge in [0.05, 0.1) is 32.9 Å². The topological polar surface area (TPSA) is 0 Å². The molecule has 198 valence electrons. The van der Waals surface area contributed by atoms with E-state index in [9.17, 15) is 13.7 Å². The van der Waals surface area contributed by atoms with Crippen LogP contribution in [0.2, 0.25) is 0 Å². The van der Waals surface area contributed by atoms with Gasteiger partial charge in [-0.1, -0.05) is 145 Å². The Kier molecular flexibility index (Phi) is 2.08. The molecule has 0 nitrogen and oxygen atoms in total. The van der Waals surface area contributed by atoms with Crippen molar-refractivity contribution in [3.8, 4) is 33.4 Å². The van der Waals surface area contributed by atoms with Crippen LogP contribution in [0.5, 0.6) is 0 Å². The van der Waals surface area contributed by atoms with Crippen LogP contribution < -0.4 is 0 Å². The number of hydrogen-bond acceptors (Lipinski definition) is 1. The van der Waals surface area contributed by atoms with Gasteiger partial charge in [0.15, 0.2) is 0 Å². The summed E-state index contributed by atoms with van der Waals surface area (Å²) in [5, 5.41) is -4.35. The van der Waals surface area contributed by atoms with E-state index >= 15 is 0 Å². The van der Waals surface area contributed by atoms with Gasteiger partial charge in [-0.3, -0.25) is 0 Å². The van der Waals surface area contributed by atoms with E-state index in [2.05, 4.69) is 0 Å². The molecule has 0 bridgehead atoms. The molecule has 0 radical (unpaired) electrons. The van der Waals surface area contributed by atoms with Crippen LogP contribution in [0.4, 0.5) is 0 Å². The van der Waals surface area contributed by atoms with Gasteiger partial charge in [0, 0.05) is 15.2 Å². The average Bonchev–Trinajstić information content (AvgIpc) is 3.29. The van der Waals surface area contributed by atoms with Gasteiger partial charge >= 0.3 is 0 Å². The van der Waals surface area contributed by atoms with Gasteiger partial charge in [-0.15, -0.1) is 0 Å². The zero-order valence-corrected chi connectivity index (χ0v) is 22.2. The molecule has 1 aliphatic heterocycles. The van der Waals surface area contributed by atoms with Crippen LogP contribution in [-0.4, -0.2) is 0 Å². The van der Waals surface area contributed by atoms with Crippen molar-refractivity contribution in [3.05, 3.63) is 145 Å². The van der Waals surface area contributed by atoms with Crippen molar-refractivity contribution in [2.45, 2.75) is 9.79 Å². The van der Waals surface area contributed by atoms with Gasteiger partial charge in [-0.25, -0.2) is 0 Å². The third-order valence-electron chi connectivity index (χ3n) is 7.57. The highest BCUT2D eigenvalue weighted by molar-refractivity contribution is 7.99. The van der Waals surface area contributed by atoms with E-state index < -0.39 is 205 Å². The molecule has 0 atom stereocenters. The third-order valence-corrected chi connectivity index (χ3v) is 8.59. The fraction of sp³-hybridized carbons (Fsp3) is 0. The highest BCUT2D eigenvalue weighted by Crippen LogP contribution is 2.52. The SMILES string of the molecule is [2H]c1c([2H])c([2H])c2c(c1[2H])Sc1c([2H])c([2H])c(-c3c(-c4c([2H])c([2H])c5c([2H])c([2H])c6c([2H])c([2H])c([2H])c7c([2H])c([2H])c4c5c67)c([2H])c([2H])c4c([2H])c([2H])c([2H])c([2H])c34)c3c([2H])c([2H])c([2H])c-2c13. The Morgan fingerprint density at radius 1 is 0.326 bits per heavy atom. The lowest BCUT2D eigenvalue weighted by Gasteiger charge is -2.23. The predicted octanol–water partition coefficient (Wildman–Crippen LogP) is 12.4. The number of hydrogen-bond donors (Lipinski definition) is 0. The highest BCUT2D eigenvalue weighted by Gasteiger charge is 2.23. The van der Waals surface area contributed by atoms with Crippen LogP contribution in [0.3, 0.4) is 0 Å². The summed E-state index contributed by atoms with van der Waals surface area (Å²) >= 11 is 0.633. The fourth-order valence-electron chi connectivity index (χ4n) is 5.77. The molecule has 10 rings (SSSR count). The van der Waals surface area contributed by atoms with Gasteiger partial charge in [-0.05, 0) is 93.9 Å². The van der Waals surface area contributed by atoms with E-state index in [-0.39, 0.29) is 37.1 Å². The van der Waals surface area contributed by atoms with Crippen molar-refractivity contribution in [1.29, 1.82) is 0 Å². The van der Waals surface area contributed by atoms with Gasteiger partial charge in [-0.2, -0.15) is 0 Å². The summed E-state index contributed by atoms with van der Waals surface area (Å²) < 4.78 is 218. The lowest BCUT2D eigenvalue weighted by Crippen LogP contribution is -1.96. The van der Waals surface area contributed by atoms with Crippen molar-refractivity contribution in [2.75, 3.05) is 0 Å². The van der Waals surface area contributed by atoms with E-state index in [1.165, 1.54) is 0 Å². The van der Waals surface area contributed by atoms with Gasteiger partial charge in [0.2, 0.25) is 0 Å². The van der Waals surface area contributed by atoms with E-state index in [4.69, 9.17) is 19.2 Å². The maximum atomic E-state index is 9.73. The highest BCUT2D eigenvalue weighted by atomic mass is 32.2. The van der Waals surface area contributed by atoms with Crippen molar-refractivity contribution in [1.82, 2.24) is 0 Å². The first kappa shape index (κ1) is 10.3. The van der Waals surface area contributed by atoms with Crippen molar-refractivity contribution < 1.29 is 32.9 Å². The Morgan fingerprint density at radius 3 is 1.86 bits per heavy atom. The minimum absolute atomic E-state index is 0.156. The Hall–Kier alpha value is -5.11. The van der Waals surface area contributed by atoms with Crippen LogP contribution in [0, 0.1) is 0 Å². The quantitative estimate of drug-likeness (QED) is 0.182. The predicted molar refractivity (Wildman–Crippen MR) is 186 cm³/mol. The molecule has 43 heavy (non-hydrogen) atoms. The zero-order valence-electron chi connectivity index (χ0n) is 45.4. The largest absolute Gasteiger partial charge is 0.0888 e. The Morgan fingerprint density at radius 2 is 0.930 bits per heavy atom. The summed E-state index contributed by atoms with van der Waals surface area (Å²) in [6, 6.07) is -18.7. The maximum absolute atomic E-state index is 9.73. The van der Waals surface area contributed by atoms with Crippen molar-refractivity contribution in [3.63, 3.8) is 0 Å². The molecule has 0 N–H and O–H groups in total. The molecule has 0 saturated carbocycles. The Labute approximate surface area is 287 Å². The van der Waals surface area contributed by atoms with Gasteiger partial charge in [0.25, 0.3) is 0 Å². The monoisotopic (exact) mass is 584 g/mol. The molecule has 1 heterocycles. The molecule has 9 aromatic rings. The lowest BCUT2D eigenvalue weighted by atomic mass is 9.83. The van der Waals surface area contributed by atoms with Crippen LogP contribution in [0.25, 0.3) is 87.2 Å². The zero-order chi connectivity index (χ0) is 49.0. The minimum Gasteiger partial charge on any atom is -0.0888 e. The van der Waals surface area contributed by atoms with Gasteiger partial charge in [0.1, 0.15) is 0 Å². The molecule has 0 unspecified atom stereocenters. The molecule has 0 aliphatic carbocycles. The molecule has 1 aliphatic rings. The molecule has 0 saturated heterocycles. The standard InChI is InChI=1S/C42H24S/c1-2-10-29-25(7-1)17-21-35(30-20-18-28-16-15-26-8-5-9-27-19-22-34(30)40(28)39(26)27)41(29)36-23-24-38-42-32(12-6-13-33(36)42)31-11-3-4-14-37(31)43-38/h1-24H/i1D,2D,3D,4D,5D,6D,7D,8D,9D,10D,11D,12D,13D,14D,15D,16D,17D,18D,19D,20D,21D,22D,23D,24D. The normalized spacial score (nSPS) is 20.4. The second-order valence-corrected chi connectivity index (χ2v) is 10.8. The van der Waals surface area contributed by atoms with E-state index in [1.807, 2.05) is 0 Å². The lowest BCUT2D eigenvalue weighted by molar-refractivity contribution is 1.40. The van der Waals surface area contributed by atoms with Crippen LogP contribution >= 0.6 is 11.8 Å². The molecule has 0 spiro atoms. The van der Waals surface area contributed by atoms with Crippen LogP contribution in [0.15, 0.2) is 155 Å². The summed E-state index contributed by atoms with van der Waals surface area (Å²) in [4.78, 5) is -0.351. The van der Waals surface area contributed by atoms with E-state index in [0.29, 0.717) is 11.8 Å². The molecule has 9 aromatic carbocycles. The first-order valence-electron chi connectivity index (χ1n) is 24.9. The minimum atomic E-state index is -0.955. The Bertz CT molecular complexity index is 3910. The second kappa shape index (κ2) is 8.70. The molecule has 0 aromatic heterocycles. The smallest absolute Gasteiger partial charge is 0.0635 e. The second-order valence-electron chi connectivity index (χ2n) is 9.76. The summed E-state index contributed by atoms with van der Waals surface area (Å²) in [7, 11) is 0. The van der Waals surface area contributed by atoms with Crippen molar-refractivity contribution in [2.24, 2.45) is 0 Å². The molecule has 0 amide bonds. The molecular weight excluding hydrogens is 537 g/mol. The summed E-state index contributed by atoms with van der Waals surface area (Å²) in [5.41, 5.74) is -3.26. The summed E-state index contributed by atoms with van der Waals surface area (Å²) in [5.74, 6) is 0. The third kappa shape index (κ3) is 3.23. The van der Waals surface area contributed by atoms with E-state index in [0.717, 1.165) is 0 Å².